The van der Waals surface area contributed by atoms with E-state index in [0.29, 0.717) is 25.3 Å². The fourth-order valence-corrected chi connectivity index (χ4v) is 1.88. The van der Waals surface area contributed by atoms with Gasteiger partial charge in [0.05, 0.1) is 12.7 Å². The van der Waals surface area contributed by atoms with Crippen LogP contribution in [0.2, 0.25) is 0 Å². The number of hydrogen-bond acceptors (Lipinski definition) is 5. The Hall–Kier alpha value is -1.47. The summed E-state index contributed by atoms with van der Waals surface area (Å²) in [6.07, 6.45) is -0.523. The van der Waals surface area contributed by atoms with E-state index < -0.39 is 6.10 Å². The number of amides is 1. The Bertz CT molecular complexity index is 412. The van der Waals surface area contributed by atoms with E-state index in [9.17, 15) is 9.90 Å². The van der Waals surface area contributed by atoms with Crippen LogP contribution in [0.4, 0.5) is 0 Å². The fourth-order valence-electron chi connectivity index (χ4n) is 1.88. The van der Waals surface area contributed by atoms with Crippen molar-refractivity contribution in [1.82, 2.24) is 10.3 Å². The van der Waals surface area contributed by atoms with Crippen molar-refractivity contribution in [2.24, 2.45) is 5.84 Å². The number of ether oxygens (including phenoxy) is 1. The molecule has 0 aliphatic carbocycles. The number of nitrogens with two attached hydrogens (primary N) is 1. The fraction of sp³-hybridized carbons (Fsp3) is 0.462. The minimum absolute atomic E-state index is 0.306. The van der Waals surface area contributed by atoms with Crippen molar-refractivity contribution in [3.05, 3.63) is 35.4 Å². The third-order valence-electron chi connectivity index (χ3n) is 2.65. The number of nitrogens with one attached hydrogen (secondary N) is 1. The highest BCUT2D eigenvalue weighted by Gasteiger charge is 2.09. The lowest BCUT2D eigenvalue weighted by atomic mass is 10.1. The van der Waals surface area contributed by atoms with Crippen molar-refractivity contribution >= 4 is 5.91 Å². The van der Waals surface area contributed by atoms with Gasteiger partial charge in [0, 0.05) is 25.8 Å². The van der Waals surface area contributed by atoms with Crippen molar-refractivity contribution in [2.75, 3.05) is 27.3 Å². The molecule has 106 valence electrons. The largest absolute Gasteiger partial charge is 0.389 e. The molecule has 1 atom stereocenters. The second kappa shape index (κ2) is 7.85. The number of aliphatic hydroxyl groups excluding tert-OH is 1. The number of benzene rings is 1. The van der Waals surface area contributed by atoms with Gasteiger partial charge in [0.25, 0.3) is 5.91 Å². The molecule has 0 spiro atoms. The number of aliphatic hydroxyl groups is 1. The van der Waals surface area contributed by atoms with Crippen LogP contribution < -0.4 is 11.3 Å². The van der Waals surface area contributed by atoms with Crippen LogP contribution in [-0.4, -0.2) is 49.3 Å². The van der Waals surface area contributed by atoms with Gasteiger partial charge in [-0.25, -0.2) is 5.84 Å². The third kappa shape index (κ3) is 5.35. The lowest BCUT2D eigenvalue weighted by molar-refractivity contribution is 0.0419. The first-order valence-corrected chi connectivity index (χ1v) is 6.02. The van der Waals surface area contributed by atoms with Crippen LogP contribution >= 0.6 is 0 Å². The summed E-state index contributed by atoms with van der Waals surface area (Å²) in [5.74, 6) is 4.78. The van der Waals surface area contributed by atoms with E-state index in [-0.39, 0.29) is 5.91 Å². The van der Waals surface area contributed by atoms with E-state index in [1.54, 1.807) is 25.3 Å². The second-order valence-electron chi connectivity index (χ2n) is 4.48. The Morgan fingerprint density at radius 1 is 1.58 bits per heavy atom. The first-order chi connectivity index (χ1) is 9.06. The molecule has 6 nitrogen and oxygen atoms in total. The minimum atomic E-state index is -0.523. The predicted octanol–water partition coefficient (Wildman–Crippen LogP) is -0.271. The Kier molecular flexibility index (Phi) is 6.44. The molecule has 0 fully saturated rings. The van der Waals surface area contributed by atoms with Gasteiger partial charge in [-0.3, -0.25) is 15.1 Å². The molecule has 0 radical (unpaired) electrons. The number of likely N-dealkylation sites (N-methyl/N-ethyl adjacent to an activating group) is 1. The third-order valence-corrected chi connectivity index (χ3v) is 2.65. The number of nitrogen functional groups attached to an aromatic ring is 1. The first-order valence-electron chi connectivity index (χ1n) is 6.02. The Morgan fingerprint density at radius 2 is 2.32 bits per heavy atom. The maximum atomic E-state index is 11.4. The highest BCUT2D eigenvalue weighted by Crippen LogP contribution is 2.08. The average molecular weight is 267 g/mol. The SMILES string of the molecule is COCC(O)CN(C)Cc1cccc(C(=O)NN)c1. The van der Waals surface area contributed by atoms with E-state index in [2.05, 4.69) is 5.43 Å². The van der Waals surface area contributed by atoms with Crippen LogP contribution in [0.25, 0.3) is 0 Å². The topological polar surface area (TPSA) is 87.8 Å². The van der Waals surface area contributed by atoms with Crippen molar-refractivity contribution in [2.45, 2.75) is 12.6 Å². The van der Waals surface area contributed by atoms with E-state index in [1.165, 1.54) is 0 Å². The monoisotopic (exact) mass is 267 g/mol. The standard InChI is InChI=1S/C13H21N3O3/c1-16(8-12(17)9-19-2)7-10-4-3-5-11(6-10)13(18)15-14/h3-6,12,17H,7-9,14H2,1-2H3,(H,15,18). The second-order valence-corrected chi connectivity index (χ2v) is 4.48. The van der Waals surface area contributed by atoms with Crippen molar-refractivity contribution in [3.63, 3.8) is 0 Å². The number of carbonyl (C=O) groups excluding carboxylic acids is 1. The molecule has 1 unspecified atom stereocenters. The first kappa shape index (κ1) is 15.6. The maximum absolute atomic E-state index is 11.4. The molecular weight excluding hydrogens is 246 g/mol. The minimum Gasteiger partial charge on any atom is -0.389 e. The van der Waals surface area contributed by atoms with Gasteiger partial charge in [-0.1, -0.05) is 12.1 Å². The molecular formula is C13H21N3O3. The molecule has 6 heteroatoms. The summed E-state index contributed by atoms with van der Waals surface area (Å²) >= 11 is 0. The quantitative estimate of drug-likeness (QED) is 0.359. The average Bonchev–Trinajstić information content (AvgIpc) is 2.38. The van der Waals surface area contributed by atoms with Crippen LogP contribution in [0.3, 0.4) is 0 Å². The van der Waals surface area contributed by atoms with Crippen LogP contribution in [0.1, 0.15) is 15.9 Å². The van der Waals surface area contributed by atoms with Gasteiger partial charge in [0.15, 0.2) is 0 Å². The molecule has 19 heavy (non-hydrogen) atoms. The Morgan fingerprint density at radius 3 is 2.95 bits per heavy atom. The lowest BCUT2D eigenvalue weighted by Crippen LogP contribution is -2.32. The number of rotatable bonds is 7. The Balaban J connectivity index is 2.59. The summed E-state index contributed by atoms with van der Waals surface area (Å²) in [6, 6.07) is 7.21. The van der Waals surface area contributed by atoms with Crippen molar-refractivity contribution < 1.29 is 14.6 Å². The van der Waals surface area contributed by atoms with E-state index in [4.69, 9.17) is 10.6 Å². The molecule has 0 bridgehead atoms. The molecule has 4 N–H and O–H groups in total. The van der Waals surface area contributed by atoms with E-state index >= 15 is 0 Å². The molecule has 0 aliphatic heterocycles. The molecule has 0 saturated carbocycles. The number of nitrogens with zero attached hydrogens (tertiary/aromatic N) is 1. The molecule has 0 heterocycles. The summed E-state index contributed by atoms with van der Waals surface area (Å²) < 4.78 is 4.88. The molecule has 0 aliphatic rings. The summed E-state index contributed by atoms with van der Waals surface area (Å²) in [4.78, 5) is 13.4. The van der Waals surface area contributed by atoms with Gasteiger partial charge in [-0.2, -0.15) is 0 Å². The molecule has 0 saturated heterocycles. The van der Waals surface area contributed by atoms with Gasteiger partial charge in [-0.15, -0.1) is 0 Å². The highest BCUT2D eigenvalue weighted by atomic mass is 16.5. The molecule has 0 aromatic heterocycles. The van der Waals surface area contributed by atoms with Crippen LogP contribution in [0.15, 0.2) is 24.3 Å². The smallest absolute Gasteiger partial charge is 0.265 e. The van der Waals surface area contributed by atoms with Crippen molar-refractivity contribution in [3.8, 4) is 0 Å². The molecule has 1 rings (SSSR count). The van der Waals surface area contributed by atoms with Crippen LogP contribution in [-0.2, 0) is 11.3 Å². The van der Waals surface area contributed by atoms with Gasteiger partial charge >= 0.3 is 0 Å². The summed E-state index contributed by atoms with van der Waals surface area (Å²) in [5, 5.41) is 9.63. The van der Waals surface area contributed by atoms with Crippen LogP contribution in [0.5, 0.6) is 0 Å². The zero-order valence-electron chi connectivity index (χ0n) is 11.3. The summed E-state index contributed by atoms with van der Waals surface area (Å²) in [5.41, 5.74) is 3.60. The van der Waals surface area contributed by atoms with Gasteiger partial charge in [0.1, 0.15) is 0 Å². The predicted molar refractivity (Wildman–Crippen MR) is 72.3 cm³/mol. The molecule has 1 amide bonds. The molecule has 1 aromatic rings. The highest BCUT2D eigenvalue weighted by molar-refractivity contribution is 5.93. The lowest BCUT2D eigenvalue weighted by Gasteiger charge is -2.20. The number of hydrogen-bond donors (Lipinski definition) is 3. The zero-order chi connectivity index (χ0) is 14.3. The number of methoxy groups -OCH3 is 1. The van der Waals surface area contributed by atoms with Gasteiger partial charge in [0.2, 0.25) is 0 Å². The van der Waals surface area contributed by atoms with E-state index in [0.717, 1.165) is 5.56 Å². The van der Waals surface area contributed by atoms with Gasteiger partial charge < -0.3 is 9.84 Å². The number of carbonyl (C=O) groups is 1. The van der Waals surface area contributed by atoms with Crippen LogP contribution in [0, 0.1) is 0 Å². The van der Waals surface area contributed by atoms with E-state index in [1.807, 2.05) is 18.0 Å². The zero-order valence-corrected chi connectivity index (χ0v) is 11.3. The number of hydrazine groups is 1. The Labute approximate surface area is 113 Å². The van der Waals surface area contributed by atoms with Gasteiger partial charge in [-0.05, 0) is 24.7 Å². The maximum Gasteiger partial charge on any atom is 0.265 e. The summed E-state index contributed by atoms with van der Waals surface area (Å²) in [7, 11) is 3.45. The molecule has 1 aromatic carbocycles. The normalized spacial score (nSPS) is 12.5. The van der Waals surface area contributed by atoms with Crippen molar-refractivity contribution in [1.29, 1.82) is 0 Å². The summed E-state index contributed by atoms with van der Waals surface area (Å²) in [6.45, 7) is 1.44.